The van der Waals surface area contributed by atoms with Crippen LogP contribution in [0.25, 0.3) is 21.8 Å². The average molecular weight is 413 g/mol. The van der Waals surface area contributed by atoms with Crippen LogP contribution in [-0.2, 0) is 20.0 Å². The van der Waals surface area contributed by atoms with Crippen LogP contribution in [-0.4, -0.2) is 33.3 Å². The average Bonchev–Trinajstić information content (AvgIpc) is 3.24. The summed E-state index contributed by atoms with van der Waals surface area (Å²) in [6.45, 7) is 0.862. The topological polar surface area (TPSA) is 50.3 Å². The first-order valence-electron chi connectivity index (χ1n) is 9.53. The summed E-state index contributed by atoms with van der Waals surface area (Å²) < 4.78 is 43.8. The molecule has 1 aliphatic heterocycles. The summed E-state index contributed by atoms with van der Waals surface area (Å²) in [7, 11) is 1.90. The Morgan fingerprint density at radius 2 is 1.93 bits per heavy atom. The van der Waals surface area contributed by atoms with E-state index in [1.807, 2.05) is 42.1 Å². The molecule has 3 heterocycles. The van der Waals surface area contributed by atoms with E-state index in [2.05, 4.69) is 9.72 Å². The molecule has 8 heteroatoms. The number of carbonyl (C=O) groups excluding carboxylic acids is 1. The van der Waals surface area contributed by atoms with Crippen molar-refractivity contribution < 1.29 is 22.7 Å². The Morgan fingerprint density at radius 1 is 1.13 bits per heavy atom. The third-order valence-electron chi connectivity index (χ3n) is 5.59. The van der Waals surface area contributed by atoms with E-state index < -0.39 is 6.36 Å². The third-order valence-corrected chi connectivity index (χ3v) is 5.59. The van der Waals surface area contributed by atoms with Crippen molar-refractivity contribution in [2.45, 2.75) is 19.3 Å². The minimum Gasteiger partial charge on any atom is -0.406 e. The van der Waals surface area contributed by atoms with Crippen molar-refractivity contribution in [2.24, 2.45) is 7.05 Å². The number of nitrogens with one attached hydrogen (secondary N) is 1. The molecule has 30 heavy (non-hydrogen) atoms. The van der Waals surface area contributed by atoms with Gasteiger partial charge in [0.2, 0.25) is 0 Å². The molecule has 0 radical (unpaired) electrons. The summed E-state index contributed by atoms with van der Waals surface area (Å²) >= 11 is 0. The van der Waals surface area contributed by atoms with E-state index >= 15 is 0 Å². The maximum absolute atomic E-state index is 13.3. The summed E-state index contributed by atoms with van der Waals surface area (Å²) in [5.41, 5.74) is 4.10. The van der Waals surface area contributed by atoms with Crippen molar-refractivity contribution in [3.63, 3.8) is 0 Å². The number of hydrogen-bond acceptors (Lipinski definition) is 2. The van der Waals surface area contributed by atoms with Gasteiger partial charge in [-0.25, -0.2) is 0 Å². The Morgan fingerprint density at radius 3 is 2.73 bits per heavy atom. The lowest BCUT2D eigenvalue weighted by Gasteiger charge is -2.27. The Bertz CT molecular complexity index is 1290. The quantitative estimate of drug-likeness (QED) is 0.515. The maximum Gasteiger partial charge on any atom is 0.573 e. The molecule has 1 aliphatic rings. The van der Waals surface area contributed by atoms with Crippen LogP contribution in [0, 0.1) is 0 Å². The second kappa shape index (κ2) is 6.55. The van der Waals surface area contributed by atoms with Gasteiger partial charge < -0.3 is 19.2 Å². The molecule has 0 saturated carbocycles. The number of benzene rings is 2. The second-order valence-corrected chi connectivity index (χ2v) is 7.48. The molecule has 0 unspecified atom stereocenters. The first-order chi connectivity index (χ1) is 14.3. The van der Waals surface area contributed by atoms with E-state index in [-0.39, 0.29) is 11.7 Å². The number of carbonyl (C=O) groups is 1. The summed E-state index contributed by atoms with van der Waals surface area (Å²) in [5, 5.41) is 1.53. The number of H-pyrrole nitrogens is 1. The van der Waals surface area contributed by atoms with Crippen molar-refractivity contribution in [1.82, 2.24) is 14.5 Å². The lowest BCUT2D eigenvalue weighted by molar-refractivity contribution is -0.274. The zero-order chi connectivity index (χ0) is 21.0. The van der Waals surface area contributed by atoms with Crippen LogP contribution < -0.4 is 4.74 Å². The van der Waals surface area contributed by atoms with Gasteiger partial charge in [-0.05, 0) is 24.3 Å². The molecule has 5 nitrogen and oxygen atoms in total. The summed E-state index contributed by atoms with van der Waals surface area (Å²) in [4.78, 5) is 18.3. The predicted octanol–water partition coefficient (Wildman–Crippen LogP) is 4.76. The van der Waals surface area contributed by atoms with E-state index in [9.17, 15) is 18.0 Å². The van der Waals surface area contributed by atoms with Gasteiger partial charge in [0.05, 0.1) is 5.56 Å². The molecule has 4 aromatic rings. The molecular formula is C22H18F3N3O2. The fourth-order valence-corrected chi connectivity index (χ4v) is 4.25. The Balaban J connectivity index is 1.49. The van der Waals surface area contributed by atoms with E-state index in [1.54, 1.807) is 11.0 Å². The van der Waals surface area contributed by atoms with Gasteiger partial charge in [0, 0.05) is 65.8 Å². The van der Waals surface area contributed by atoms with Gasteiger partial charge >= 0.3 is 6.36 Å². The molecule has 0 saturated heterocycles. The second-order valence-electron chi connectivity index (χ2n) is 7.48. The van der Waals surface area contributed by atoms with E-state index in [1.165, 1.54) is 12.1 Å². The summed E-state index contributed by atoms with van der Waals surface area (Å²) in [6, 6.07) is 11.9. The molecule has 154 valence electrons. The van der Waals surface area contributed by atoms with Gasteiger partial charge in [0.25, 0.3) is 5.91 Å². The fraction of sp³-hybridized carbons (Fsp3) is 0.227. The number of ether oxygens (including phenoxy) is 1. The minimum atomic E-state index is -4.75. The Kier molecular flexibility index (Phi) is 4.06. The highest BCUT2D eigenvalue weighted by Crippen LogP contribution is 2.33. The number of hydrogen-bond donors (Lipinski definition) is 1. The van der Waals surface area contributed by atoms with Crippen LogP contribution in [0.2, 0.25) is 0 Å². The van der Waals surface area contributed by atoms with Crippen molar-refractivity contribution in [3.8, 4) is 5.75 Å². The molecule has 0 fully saturated rings. The van der Waals surface area contributed by atoms with Gasteiger partial charge in [-0.1, -0.05) is 18.2 Å². The number of rotatable bonds is 2. The molecule has 1 N–H and O–H groups in total. The van der Waals surface area contributed by atoms with Crippen LogP contribution in [0.3, 0.4) is 0 Å². The molecule has 5 rings (SSSR count). The number of aromatic amines is 1. The van der Waals surface area contributed by atoms with Gasteiger partial charge in [0.1, 0.15) is 5.75 Å². The smallest absolute Gasteiger partial charge is 0.406 e. The Hall–Kier alpha value is -3.42. The monoisotopic (exact) mass is 413 g/mol. The highest BCUT2D eigenvalue weighted by molar-refractivity contribution is 6.07. The van der Waals surface area contributed by atoms with Gasteiger partial charge in [-0.15, -0.1) is 13.2 Å². The SMILES string of the molecule is Cn1cc(C(=O)N2CCc3[nH]c4ccc(OC(F)(F)F)cc4c3C2)c2ccccc21. The molecule has 0 bridgehead atoms. The zero-order valence-corrected chi connectivity index (χ0v) is 16.1. The number of alkyl halides is 3. The number of aromatic nitrogens is 2. The molecule has 0 aliphatic carbocycles. The van der Waals surface area contributed by atoms with Crippen LogP contribution in [0.15, 0.2) is 48.7 Å². The van der Waals surface area contributed by atoms with Crippen molar-refractivity contribution in [3.05, 3.63) is 65.5 Å². The first-order valence-corrected chi connectivity index (χ1v) is 9.53. The van der Waals surface area contributed by atoms with E-state index in [0.717, 1.165) is 27.7 Å². The van der Waals surface area contributed by atoms with Crippen molar-refractivity contribution >= 4 is 27.7 Å². The summed E-state index contributed by atoms with van der Waals surface area (Å²) in [5.74, 6) is -0.358. The third kappa shape index (κ3) is 3.08. The number of para-hydroxylation sites is 1. The van der Waals surface area contributed by atoms with Gasteiger partial charge in [-0.3, -0.25) is 4.79 Å². The molecule has 2 aromatic carbocycles. The zero-order valence-electron chi connectivity index (χ0n) is 16.1. The summed E-state index contributed by atoms with van der Waals surface area (Å²) in [6.07, 6.45) is -2.32. The van der Waals surface area contributed by atoms with Gasteiger partial charge in [0.15, 0.2) is 0 Å². The van der Waals surface area contributed by atoms with Crippen LogP contribution in [0.5, 0.6) is 5.75 Å². The predicted molar refractivity (Wildman–Crippen MR) is 106 cm³/mol. The first kappa shape index (κ1) is 18.6. The molecule has 0 spiro atoms. The number of fused-ring (bicyclic) bond motifs is 4. The van der Waals surface area contributed by atoms with Crippen LogP contribution in [0.4, 0.5) is 13.2 Å². The van der Waals surface area contributed by atoms with E-state index in [4.69, 9.17) is 0 Å². The largest absolute Gasteiger partial charge is 0.573 e. The fourth-order valence-electron chi connectivity index (χ4n) is 4.25. The Labute approximate surface area is 169 Å². The standard InChI is InChI=1S/C22H18F3N3O2/c1-27-11-17(14-4-2-3-5-20(14)27)21(29)28-9-8-19-16(12-28)15-10-13(30-22(23,24)25)6-7-18(15)26-19/h2-7,10-11,26H,8-9,12H2,1H3. The van der Waals surface area contributed by atoms with Gasteiger partial charge in [-0.2, -0.15) is 0 Å². The number of amides is 1. The molecule has 2 aromatic heterocycles. The number of halogens is 3. The van der Waals surface area contributed by atoms with Crippen molar-refractivity contribution in [1.29, 1.82) is 0 Å². The lowest BCUT2D eigenvalue weighted by Crippen LogP contribution is -2.35. The van der Waals surface area contributed by atoms with Crippen molar-refractivity contribution in [2.75, 3.05) is 6.54 Å². The normalized spacial score (nSPS) is 14.3. The minimum absolute atomic E-state index is 0.0884. The molecule has 1 amide bonds. The molecular weight excluding hydrogens is 395 g/mol. The van der Waals surface area contributed by atoms with Crippen LogP contribution in [0.1, 0.15) is 21.6 Å². The molecule has 0 atom stereocenters. The number of nitrogens with zero attached hydrogens (tertiary/aromatic N) is 2. The lowest BCUT2D eigenvalue weighted by atomic mass is 10.0. The maximum atomic E-state index is 13.3. The number of aryl methyl sites for hydroxylation is 1. The highest BCUT2D eigenvalue weighted by atomic mass is 19.4. The van der Waals surface area contributed by atoms with Crippen LogP contribution >= 0.6 is 0 Å². The highest BCUT2D eigenvalue weighted by Gasteiger charge is 2.32. The van der Waals surface area contributed by atoms with E-state index in [0.29, 0.717) is 30.5 Å².